The largest absolute Gasteiger partial charge is 0.480 e. The van der Waals surface area contributed by atoms with Gasteiger partial charge in [-0.1, -0.05) is 18.2 Å². The molecular formula is C27H37N7O5S2. The lowest BCUT2D eigenvalue weighted by atomic mass is 10.0. The van der Waals surface area contributed by atoms with Crippen LogP contribution in [0, 0.1) is 0 Å². The van der Waals surface area contributed by atoms with Crippen molar-refractivity contribution in [1.82, 2.24) is 30.9 Å². The van der Waals surface area contributed by atoms with E-state index < -0.39 is 47.9 Å². The molecule has 0 fully saturated rings. The summed E-state index contributed by atoms with van der Waals surface area (Å²) in [5.41, 5.74) is 8.33. The Morgan fingerprint density at radius 3 is 2.20 bits per heavy atom. The van der Waals surface area contributed by atoms with Crippen molar-refractivity contribution in [3.63, 3.8) is 0 Å². The van der Waals surface area contributed by atoms with Crippen molar-refractivity contribution in [3.05, 3.63) is 54.2 Å². The minimum absolute atomic E-state index is 0.0351. The summed E-state index contributed by atoms with van der Waals surface area (Å²) >= 11 is 3.03. The first-order valence-corrected chi connectivity index (χ1v) is 15.9. The summed E-state index contributed by atoms with van der Waals surface area (Å²) in [6.07, 6.45) is 9.34. The summed E-state index contributed by atoms with van der Waals surface area (Å²) in [5.74, 6) is -1.68. The number of amides is 3. The molecule has 14 heteroatoms. The molecule has 0 aliphatic rings. The Morgan fingerprint density at radius 1 is 0.902 bits per heavy atom. The first-order valence-electron chi connectivity index (χ1n) is 13.1. The van der Waals surface area contributed by atoms with Crippen LogP contribution in [-0.2, 0) is 32.0 Å². The van der Waals surface area contributed by atoms with E-state index in [4.69, 9.17) is 5.73 Å². The van der Waals surface area contributed by atoms with E-state index in [0.717, 1.165) is 16.5 Å². The number of aliphatic carboxylic acids is 1. The van der Waals surface area contributed by atoms with Crippen LogP contribution in [0.25, 0.3) is 10.9 Å². The maximum Gasteiger partial charge on any atom is 0.326 e. The van der Waals surface area contributed by atoms with Gasteiger partial charge >= 0.3 is 5.97 Å². The van der Waals surface area contributed by atoms with Gasteiger partial charge in [0.15, 0.2) is 0 Å². The molecule has 0 saturated heterocycles. The SMILES string of the molecule is CSCCC(N)C(=O)NC(Cc1c[nH]c2ccccc12)C(=O)NC(Cc1cnc[nH]1)C(=O)NC(CCSC)C(=O)O. The first-order chi connectivity index (χ1) is 19.7. The highest BCUT2D eigenvalue weighted by atomic mass is 32.2. The highest BCUT2D eigenvalue weighted by Crippen LogP contribution is 2.19. The van der Waals surface area contributed by atoms with Gasteiger partial charge < -0.3 is 36.8 Å². The monoisotopic (exact) mass is 603 g/mol. The fraction of sp³-hybridized carbons (Fsp3) is 0.444. The van der Waals surface area contributed by atoms with Crippen molar-refractivity contribution in [1.29, 1.82) is 0 Å². The van der Waals surface area contributed by atoms with Gasteiger partial charge in [-0.3, -0.25) is 14.4 Å². The van der Waals surface area contributed by atoms with Crippen molar-refractivity contribution < 1.29 is 24.3 Å². The number of thioether (sulfide) groups is 2. The molecule has 0 radical (unpaired) electrons. The molecule has 12 nitrogen and oxygen atoms in total. The van der Waals surface area contributed by atoms with Gasteiger partial charge in [-0.2, -0.15) is 23.5 Å². The maximum absolute atomic E-state index is 13.7. The number of nitrogens with one attached hydrogen (secondary N) is 5. The van der Waals surface area contributed by atoms with Crippen LogP contribution in [0.4, 0.5) is 0 Å². The van der Waals surface area contributed by atoms with E-state index in [1.54, 1.807) is 18.0 Å². The van der Waals surface area contributed by atoms with Gasteiger partial charge in [-0.05, 0) is 48.5 Å². The second-order valence-corrected chi connectivity index (χ2v) is 11.5. The third-order valence-corrected chi connectivity index (χ3v) is 7.83. The molecular weight excluding hydrogens is 566 g/mol. The van der Waals surface area contributed by atoms with Gasteiger partial charge in [0, 0.05) is 41.8 Å². The number of aromatic amines is 2. The molecule has 0 spiro atoms. The zero-order valence-electron chi connectivity index (χ0n) is 23.0. The van der Waals surface area contributed by atoms with Crippen molar-refractivity contribution in [3.8, 4) is 0 Å². The lowest BCUT2D eigenvalue weighted by Crippen LogP contribution is -2.58. The molecule has 3 aromatic rings. The molecule has 0 bridgehead atoms. The Kier molecular flexibility index (Phi) is 12.6. The minimum Gasteiger partial charge on any atom is -0.480 e. The summed E-state index contributed by atoms with van der Waals surface area (Å²) in [4.78, 5) is 61.8. The number of hydrogen-bond acceptors (Lipinski definition) is 8. The fourth-order valence-corrected chi connectivity index (χ4v) is 5.21. The van der Waals surface area contributed by atoms with E-state index in [-0.39, 0.29) is 19.3 Å². The first kappa shape index (κ1) is 32.0. The number of nitrogens with zero attached hydrogens (tertiary/aromatic N) is 1. The van der Waals surface area contributed by atoms with E-state index in [9.17, 15) is 24.3 Å². The maximum atomic E-state index is 13.7. The number of carboxylic acid groups (broad SMARTS) is 1. The van der Waals surface area contributed by atoms with Gasteiger partial charge in [0.1, 0.15) is 18.1 Å². The summed E-state index contributed by atoms with van der Waals surface area (Å²) < 4.78 is 0. The summed E-state index contributed by atoms with van der Waals surface area (Å²) in [5, 5.41) is 18.6. The summed E-state index contributed by atoms with van der Waals surface area (Å²) in [6, 6.07) is 3.49. The normalized spacial score (nSPS) is 14.1. The van der Waals surface area contributed by atoms with E-state index >= 15 is 0 Å². The van der Waals surface area contributed by atoms with E-state index in [1.807, 2.05) is 36.8 Å². The van der Waals surface area contributed by atoms with Crippen LogP contribution < -0.4 is 21.7 Å². The van der Waals surface area contributed by atoms with Crippen LogP contribution in [0.1, 0.15) is 24.1 Å². The minimum atomic E-state index is -1.16. The number of carbonyl (C=O) groups excluding carboxylic acids is 3. The number of carbonyl (C=O) groups is 4. The molecule has 8 N–H and O–H groups in total. The Bertz CT molecular complexity index is 1300. The average Bonchev–Trinajstić information content (AvgIpc) is 3.63. The van der Waals surface area contributed by atoms with E-state index in [0.29, 0.717) is 23.6 Å². The fourth-order valence-electron chi connectivity index (χ4n) is 4.25. The molecule has 0 aliphatic heterocycles. The summed E-state index contributed by atoms with van der Waals surface area (Å²) in [6.45, 7) is 0. The lowest BCUT2D eigenvalue weighted by molar-refractivity contribution is -0.142. The van der Waals surface area contributed by atoms with Crippen LogP contribution in [0.5, 0.6) is 0 Å². The highest BCUT2D eigenvalue weighted by Gasteiger charge is 2.31. The molecule has 2 heterocycles. The van der Waals surface area contributed by atoms with Crippen LogP contribution >= 0.6 is 23.5 Å². The van der Waals surface area contributed by atoms with Crippen LogP contribution in [0.3, 0.4) is 0 Å². The number of aromatic nitrogens is 3. The number of rotatable bonds is 17. The molecule has 41 heavy (non-hydrogen) atoms. The number of benzene rings is 1. The van der Waals surface area contributed by atoms with Crippen LogP contribution in [-0.4, -0.2) is 91.9 Å². The third kappa shape index (κ3) is 9.54. The number of imidazole rings is 1. The number of fused-ring (bicyclic) bond motifs is 1. The van der Waals surface area contributed by atoms with E-state index in [2.05, 4.69) is 30.9 Å². The average molecular weight is 604 g/mol. The molecule has 222 valence electrons. The molecule has 1 aromatic carbocycles. The Labute approximate surface area is 246 Å². The molecule has 4 unspecified atom stereocenters. The van der Waals surface area contributed by atoms with Crippen molar-refractivity contribution in [2.45, 2.75) is 49.9 Å². The topological polar surface area (TPSA) is 195 Å². The second kappa shape index (κ2) is 16.1. The van der Waals surface area contributed by atoms with Crippen molar-refractivity contribution in [2.75, 3.05) is 24.0 Å². The van der Waals surface area contributed by atoms with Gasteiger partial charge in [-0.25, -0.2) is 9.78 Å². The number of nitrogens with two attached hydrogens (primary N) is 1. The number of para-hydroxylation sites is 1. The highest BCUT2D eigenvalue weighted by molar-refractivity contribution is 7.98. The molecule has 4 atom stereocenters. The van der Waals surface area contributed by atoms with Crippen molar-refractivity contribution >= 4 is 58.1 Å². The molecule has 0 aliphatic carbocycles. The predicted octanol–water partition coefficient (Wildman–Crippen LogP) is 1.05. The second-order valence-electron chi connectivity index (χ2n) is 9.54. The van der Waals surface area contributed by atoms with E-state index in [1.165, 1.54) is 24.3 Å². The van der Waals surface area contributed by atoms with Crippen LogP contribution in [0.15, 0.2) is 43.0 Å². The Hall–Kier alpha value is -3.49. The van der Waals surface area contributed by atoms with Crippen molar-refractivity contribution in [2.24, 2.45) is 5.73 Å². The van der Waals surface area contributed by atoms with Gasteiger partial charge in [0.05, 0.1) is 12.4 Å². The van der Waals surface area contributed by atoms with Gasteiger partial charge in [0.25, 0.3) is 0 Å². The predicted molar refractivity (Wildman–Crippen MR) is 162 cm³/mol. The summed E-state index contributed by atoms with van der Waals surface area (Å²) in [7, 11) is 0. The standard InChI is InChI=1S/C27H37N7O5S2/c1-40-9-7-19(28)24(35)33-22(11-16-13-30-20-6-4-3-5-18(16)20)25(36)34-23(12-17-14-29-15-31-17)26(37)32-21(27(38)39)8-10-41-2/h3-6,13-15,19,21-23,30H,7-12,28H2,1-2H3,(H,29,31)(H,32,37)(H,33,35)(H,34,36)(H,38,39). The zero-order chi connectivity index (χ0) is 29.8. The Balaban J connectivity index is 1.84. The number of hydrogen-bond donors (Lipinski definition) is 7. The Morgan fingerprint density at radius 2 is 1.54 bits per heavy atom. The zero-order valence-corrected chi connectivity index (χ0v) is 24.6. The quantitative estimate of drug-likeness (QED) is 0.118. The number of carboxylic acids is 1. The number of H-pyrrole nitrogens is 2. The smallest absolute Gasteiger partial charge is 0.326 e. The molecule has 3 rings (SSSR count). The lowest BCUT2D eigenvalue weighted by Gasteiger charge is -2.25. The molecule has 0 saturated carbocycles. The van der Waals surface area contributed by atoms with Crippen LogP contribution in [0.2, 0.25) is 0 Å². The molecule has 2 aromatic heterocycles. The molecule has 3 amide bonds. The van der Waals surface area contributed by atoms with Gasteiger partial charge in [-0.15, -0.1) is 0 Å². The van der Waals surface area contributed by atoms with Gasteiger partial charge in [0.2, 0.25) is 17.7 Å². The third-order valence-electron chi connectivity index (χ3n) is 6.54.